The van der Waals surface area contributed by atoms with Crippen LogP contribution in [0.4, 0.5) is 0 Å². The number of nitrogens with zero attached hydrogens (tertiary/aromatic N) is 2. The van der Waals surface area contributed by atoms with Gasteiger partial charge in [0, 0.05) is 24.7 Å². The monoisotopic (exact) mass is 366 g/mol. The molecular formula is C21H22N2O4. The van der Waals surface area contributed by atoms with Crippen LogP contribution in [0.25, 0.3) is 17.4 Å². The molecule has 0 saturated heterocycles. The van der Waals surface area contributed by atoms with E-state index in [1.807, 2.05) is 19.9 Å². The van der Waals surface area contributed by atoms with Crippen LogP contribution in [0.3, 0.4) is 0 Å². The van der Waals surface area contributed by atoms with E-state index in [1.165, 1.54) is 6.08 Å². The Morgan fingerprint density at radius 2 is 1.78 bits per heavy atom. The van der Waals surface area contributed by atoms with Gasteiger partial charge < -0.3 is 14.1 Å². The third-order valence-electron chi connectivity index (χ3n) is 4.00. The summed E-state index contributed by atoms with van der Waals surface area (Å²) in [6.45, 7) is 6.87. The van der Waals surface area contributed by atoms with Crippen LogP contribution in [-0.2, 0) is 9.53 Å². The molecule has 0 spiro atoms. The summed E-state index contributed by atoms with van der Waals surface area (Å²) in [6.07, 6.45) is 1.44. The van der Waals surface area contributed by atoms with Gasteiger partial charge in [0.1, 0.15) is 23.2 Å². The van der Waals surface area contributed by atoms with E-state index in [1.54, 1.807) is 48.2 Å². The Morgan fingerprint density at radius 3 is 2.33 bits per heavy atom. The lowest BCUT2D eigenvalue weighted by Gasteiger charge is -2.17. The highest BCUT2D eigenvalue weighted by molar-refractivity contribution is 6.01. The van der Waals surface area contributed by atoms with E-state index in [9.17, 15) is 14.9 Å². The number of rotatable bonds is 7. The van der Waals surface area contributed by atoms with Gasteiger partial charge in [-0.05, 0) is 45.0 Å². The van der Waals surface area contributed by atoms with Crippen molar-refractivity contribution in [1.82, 2.24) is 4.90 Å². The fourth-order valence-corrected chi connectivity index (χ4v) is 2.54. The fourth-order valence-electron chi connectivity index (χ4n) is 2.54. The van der Waals surface area contributed by atoms with Crippen molar-refractivity contribution in [2.45, 2.75) is 20.8 Å². The van der Waals surface area contributed by atoms with E-state index < -0.39 is 0 Å². The number of likely N-dealkylation sites (N-methyl/N-ethyl adjacent to an activating group) is 1. The molecule has 1 heterocycles. The van der Waals surface area contributed by atoms with E-state index in [0.717, 1.165) is 5.56 Å². The molecule has 140 valence electrons. The van der Waals surface area contributed by atoms with E-state index in [0.29, 0.717) is 36.8 Å². The molecule has 0 N–H and O–H groups in total. The highest BCUT2D eigenvalue weighted by atomic mass is 16.5. The lowest BCUT2D eigenvalue weighted by atomic mass is 10.1. The van der Waals surface area contributed by atoms with Gasteiger partial charge in [0.2, 0.25) is 0 Å². The molecule has 0 aliphatic heterocycles. The van der Waals surface area contributed by atoms with Crippen molar-refractivity contribution in [1.29, 1.82) is 5.26 Å². The highest BCUT2D eigenvalue weighted by Crippen LogP contribution is 2.24. The second-order valence-corrected chi connectivity index (χ2v) is 5.65. The van der Waals surface area contributed by atoms with Crippen molar-refractivity contribution in [2.75, 3.05) is 19.7 Å². The van der Waals surface area contributed by atoms with Crippen molar-refractivity contribution in [3.8, 4) is 17.4 Å². The van der Waals surface area contributed by atoms with Crippen LogP contribution < -0.4 is 0 Å². The summed E-state index contributed by atoms with van der Waals surface area (Å²) in [6, 6.07) is 12.2. The van der Waals surface area contributed by atoms with Crippen molar-refractivity contribution < 1.29 is 18.7 Å². The first-order valence-corrected chi connectivity index (χ1v) is 8.82. The Morgan fingerprint density at radius 1 is 1.11 bits per heavy atom. The molecule has 1 aromatic heterocycles. The molecule has 1 aromatic carbocycles. The molecule has 6 nitrogen and oxygen atoms in total. The molecule has 0 unspecified atom stereocenters. The van der Waals surface area contributed by atoms with E-state index in [-0.39, 0.29) is 17.4 Å². The number of carbonyl (C=O) groups excluding carboxylic acids is 2. The number of carbonyl (C=O) groups is 2. The summed E-state index contributed by atoms with van der Waals surface area (Å²) in [5, 5.41) is 9.30. The summed E-state index contributed by atoms with van der Waals surface area (Å²) in [5.74, 6) is 0.292. The van der Waals surface area contributed by atoms with Crippen LogP contribution in [-0.4, -0.2) is 36.5 Å². The molecule has 2 aromatic rings. The molecule has 6 heteroatoms. The zero-order valence-corrected chi connectivity index (χ0v) is 15.7. The van der Waals surface area contributed by atoms with Gasteiger partial charge in [-0.25, -0.2) is 4.79 Å². The van der Waals surface area contributed by atoms with Gasteiger partial charge in [-0.1, -0.05) is 12.1 Å². The Balaban J connectivity index is 2.22. The molecule has 0 saturated carbocycles. The fraction of sp³-hybridized carbons (Fsp3) is 0.286. The third kappa shape index (κ3) is 4.85. The largest absolute Gasteiger partial charge is 0.462 e. The van der Waals surface area contributed by atoms with Gasteiger partial charge in [0.15, 0.2) is 0 Å². The first-order valence-electron chi connectivity index (χ1n) is 8.82. The number of esters is 1. The predicted molar refractivity (Wildman–Crippen MR) is 102 cm³/mol. The summed E-state index contributed by atoms with van der Waals surface area (Å²) in [5.41, 5.74) is 1.26. The molecule has 0 aliphatic rings. The second kappa shape index (κ2) is 9.39. The number of hydrogen-bond donors (Lipinski definition) is 0. The molecule has 0 aliphatic carbocycles. The van der Waals surface area contributed by atoms with Crippen molar-refractivity contribution in [2.24, 2.45) is 0 Å². The van der Waals surface area contributed by atoms with Crippen LogP contribution in [0, 0.1) is 11.3 Å². The van der Waals surface area contributed by atoms with Crippen LogP contribution in [0.5, 0.6) is 0 Å². The number of benzene rings is 1. The minimum absolute atomic E-state index is 0.0252. The Kier molecular flexibility index (Phi) is 6.95. The predicted octanol–water partition coefficient (Wildman–Crippen LogP) is 3.90. The van der Waals surface area contributed by atoms with E-state index in [2.05, 4.69) is 0 Å². The van der Waals surface area contributed by atoms with Gasteiger partial charge in [0.05, 0.1) is 12.2 Å². The number of amides is 1. The van der Waals surface area contributed by atoms with E-state index in [4.69, 9.17) is 9.15 Å². The van der Waals surface area contributed by atoms with Gasteiger partial charge in [-0.2, -0.15) is 5.26 Å². The molecule has 27 heavy (non-hydrogen) atoms. The van der Waals surface area contributed by atoms with Gasteiger partial charge in [0.25, 0.3) is 5.91 Å². The maximum Gasteiger partial charge on any atom is 0.338 e. The van der Waals surface area contributed by atoms with E-state index >= 15 is 0 Å². The maximum absolute atomic E-state index is 12.3. The third-order valence-corrected chi connectivity index (χ3v) is 4.00. The topological polar surface area (TPSA) is 83.5 Å². The quantitative estimate of drug-likeness (QED) is 0.422. The van der Waals surface area contributed by atoms with Gasteiger partial charge >= 0.3 is 5.97 Å². The first kappa shape index (κ1) is 20.0. The molecule has 0 bridgehead atoms. The molecule has 0 radical (unpaired) electrons. The molecule has 0 fully saturated rings. The average molecular weight is 366 g/mol. The minimum atomic E-state index is -0.374. The zero-order valence-electron chi connectivity index (χ0n) is 15.7. The molecule has 1 amide bonds. The van der Waals surface area contributed by atoms with Crippen molar-refractivity contribution in [3.63, 3.8) is 0 Å². The van der Waals surface area contributed by atoms with Crippen LogP contribution in [0.15, 0.2) is 46.4 Å². The number of nitriles is 1. The van der Waals surface area contributed by atoms with Gasteiger partial charge in [-0.3, -0.25) is 4.79 Å². The smallest absolute Gasteiger partial charge is 0.338 e. The zero-order chi connectivity index (χ0) is 19.8. The van der Waals surface area contributed by atoms with Crippen LogP contribution in [0.1, 0.15) is 36.9 Å². The van der Waals surface area contributed by atoms with Crippen LogP contribution >= 0.6 is 0 Å². The molecular weight excluding hydrogens is 344 g/mol. The lowest BCUT2D eigenvalue weighted by molar-refractivity contribution is -0.126. The maximum atomic E-state index is 12.3. The normalized spacial score (nSPS) is 11.0. The standard InChI is InChI=1S/C21H22N2O4/c1-4-23(5-2)20(24)17(14-22)13-18-11-12-19(27-18)15-7-9-16(10-8-15)21(25)26-6-3/h7-13H,4-6H2,1-3H3/b17-13-. The SMILES string of the molecule is CCOC(=O)c1ccc(-c2ccc(/C=C(/C#N)C(=O)N(CC)CC)o2)cc1. The molecule has 0 atom stereocenters. The lowest BCUT2D eigenvalue weighted by Crippen LogP contribution is -2.31. The number of hydrogen-bond acceptors (Lipinski definition) is 5. The Labute approximate surface area is 158 Å². The van der Waals surface area contributed by atoms with Gasteiger partial charge in [-0.15, -0.1) is 0 Å². The minimum Gasteiger partial charge on any atom is -0.462 e. The highest BCUT2D eigenvalue weighted by Gasteiger charge is 2.16. The average Bonchev–Trinajstić information content (AvgIpc) is 3.16. The summed E-state index contributed by atoms with van der Waals surface area (Å²) in [4.78, 5) is 25.6. The number of furan rings is 1. The van der Waals surface area contributed by atoms with Crippen molar-refractivity contribution in [3.05, 3.63) is 53.3 Å². The second-order valence-electron chi connectivity index (χ2n) is 5.65. The van der Waals surface area contributed by atoms with Crippen molar-refractivity contribution >= 4 is 18.0 Å². The molecule has 2 rings (SSSR count). The summed E-state index contributed by atoms with van der Waals surface area (Å²) in [7, 11) is 0. The van der Waals surface area contributed by atoms with Crippen LogP contribution in [0.2, 0.25) is 0 Å². The summed E-state index contributed by atoms with van der Waals surface area (Å²) >= 11 is 0. The first-order chi connectivity index (χ1) is 13.0. The Hall–Kier alpha value is -3.33. The Bertz CT molecular complexity index is 868. The summed E-state index contributed by atoms with van der Waals surface area (Å²) < 4.78 is 10.7. The number of ether oxygens (including phenoxy) is 1.